The first kappa shape index (κ1) is 16.0. The second-order valence-electron chi connectivity index (χ2n) is 4.47. The Hall–Kier alpha value is -2.07. The zero-order chi connectivity index (χ0) is 15.7. The minimum absolute atomic E-state index is 0.498. The van der Waals surface area contributed by atoms with Crippen molar-refractivity contribution >= 4 is 21.6 Å². The summed E-state index contributed by atoms with van der Waals surface area (Å²) in [5, 5.41) is 10.4. The molecule has 0 fully saturated rings. The predicted molar refractivity (Wildman–Crippen MR) is 66.6 cm³/mol. The standard InChI is InChI=1S/C10H12FN3O5S/c1-10(2,9(12)15)13-20(18,19)6-3-4-8(14(16)17)7(11)5-6/h3-5,13H,1-2H3,(H2,12,15). The van der Waals surface area contributed by atoms with E-state index in [1.807, 2.05) is 4.72 Å². The van der Waals surface area contributed by atoms with Crippen LogP contribution in [0.25, 0.3) is 0 Å². The number of sulfonamides is 1. The number of primary amides is 1. The molecule has 0 saturated heterocycles. The average Bonchev–Trinajstić information content (AvgIpc) is 2.26. The van der Waals surface area contributed by atoms with Gasteiger partial charge >= 0.3 is 5.69 Å². The van der Waals surface area contributed by atoms with E-state index in [2.05, 4.69) is 0 Å². The van der Waals surface area contributed by atoms with Crippen LogP contribution in [0, 0.1) is 15.9 Å². The van der Waals surface area contributed by atoms with E-state index < -0.39 is 42.8 Å². The Morgan fingerprint density at radius 1 is 1.45 bits per heavy atom. The molecule has 1 aromatic carbocycles. The third kappa shape index (κ3) is 3.27. The Balaban J connectivity index is 3.21. The number of rotatable bonds is 5. The molecule has 0 aliphatic rings. The molecule has 0 aromatic heterocycles. The lowest BCUT2D eigenvalue weighted by molar-refractivity contribution is -0.387. The van der Waals surface area contributed by atoms with Gasteiger partial charge in [0.2, 0.25) is 21.7 Å². The number of benzene rings is 1. The highest BCUT2D eigenvalue weighted by Crippen LogP contribution is 2.21. The van der Waals surface area contributed by atoms with E-state index in [1.165, 1.54) is 13.8 Å². The molecule has 20 heavy (non-hydrogen) atoms. The molecule has 0 atom stereocenters. The molecular weight excluding hydrogens is 293 g/mol. The van der Waals surface area contributed by atoms with Crippen LogP contribution in [-0.2, 0) is 14.8 Å². The van der Waals surface area contributed by atoms with Crippen molar-refractivity contribution in [1.29, 1.82) is 0 Å². The number of hydrogen-bond donors (Lipinski definition) is 2. The van der Waals surface area contributed by atoms with E-state index in [-0.39, 0.29) is 0 Å². The number of nitrogens with one attached hydrogen (secondary N) is 1. The number of nitro benzene ring substituents is 1. The third-order valence-electron chi connectivity index (χ3n) is 2.43. The summed E-state index contributed by atoms with van der Waals surface area (Å²) in [4.78, 5) is 20.0. The summed E-state index contributed by atoms with van der Waals surface area (Å²) in [5.74, 6) is -2.22. The minimum atomic E-state index is -4.24. The topological polar surface area (TPSA) is 132 Å². The van der Waals surface area contributed by atoms with Crippen molar-refractivity contribution in [2.24, 2.45) is 5.73 Å². The highest BCUT2D eigenvalue weighted by atomic mass is 32.2. The number of nitrogens with two attached hydrogens (primary N) is 1. The maximum absolute atomic E-state index is 13.4. The molecule has 0 unspecified atom stereocenters. The molecule has 0 saturated carbocycles. The fourth-order valence-corrected chi connectivity index (χ4v) is 2.64. The summed E-state index contributed by atoms with van der Waals surface area (Å²) >= 11 is 0. The van der Waals surface area contributed by atoms with Gasteiger partial charge in [-0.1, -0.05) is 0 Å². The van der Waals surface area contributed by atoms with Crippen LogP contribution in [0.15, 0.2) is 23.1 Å². The van der Waals surface area contributed by atoms with Crippen molar-refractivity contribution in [2.75, 3.05) is 0 Å². The van der Waals surface area contributed by atoms with Gasteiger partial charge in [0.15, 0.2) is 0 Å². The van der Waals surface area contributed by atoms with Gasteiger partial charge in [-0.15, -0.1) is 0 Å². The first-order valence-corrected chi connectivity index (χ1v) is 6.73. The molecule has 10 heteroatoms. The van der Waals surface area contributed by atoms with Crippen LogP contribution in [0.4, 0.5) is 10.1 Å². The molecule has 1 aromatic rings. The van der Waals surface area contributed by atoms with Gasteiger partial charge in [-0.3, -0.25) is 14.9 Å². The van der Waals surface area contributed by atoms with Crippen LogP contribution < -0.4 is 10.5 Å². The fourth-order valence-electron chi connectivity index (χ4n) is 1.25. The van der Waals surface area contributed by atoms with E-state index in [0.717, 1.165) is 12.1 Å². The Labute approximate surface area is 114 Å². The van der Waals surface area contributed by atoms with Crippen molar-refractivity contribution in [2.45, 2.75) is 24.3 Å². The van der Waals surface area contributed by atoms with Crippen LogP contribution >= 0.6 is 0 Å². The van der Waals surface area contributed by atoms with E-state index in [0.29, 0.717) is 6.07 Å². The molecular formula is C10H12FN3O5S. The lowest BCUT2D eigenvalue weighted by Gasteiger charge is -2.21. The minimum Gasteiger partial charge on any atom is -0.368 e. The number of nitro groups is 1. The van der Waals surface area contributed by atoms with Crippen LogP contribution in [-0.4, -0.2) is 24.8 Å². The van der Waals surface area contributed by atoms with Crippen molar-refractivity contribution in [3.05, 3.63) is 34.1 Å². The zero-order valence-corrected chi connectivity index (χ0v) is 11.4. The van der Waals surface area contributed by atoms with Crippen molar-refractivity contribution in [1.82, 2.24) is 4.72 Å². The quantitative estimate of drug-likeness (QED) is 0.595. The van der Waals surface area contributed by atoms with E-state index in [9.17, 15) is 27.7 Å². The van der Waals surface area contributed by atoms with E-state index in [4.69, 9.17) is 5.73 Å². The van der Waals surface area contributed by atoms with Crippen LogP contribution in [0.3, 0.4) is 0 Å². The smallest absolute Gasteiger partial charge is 0.304 e. The fraction of sp³-hybridized carbons (Fsp3) is 0.300. The molecule has 0 bridgehead atoms. The van der Waals surface area contributed by atoms with E-state index >= 15 is 0 Å². The summed E-state index contributed by atoms with van der Waals surface area (Å²) in [6.45, 7) is 2.46. The molecule has 110 valence electrons. The number of carbonyl (C=O) groups excluding carboxylic acids is 1. The number of halogens is 1. The van der Waals surface area contributed by atoms with Crippen LogP contribution in [0.1, 0.15) is 13.8 Å². The molecule has 1 amide bonds. The maximum atomic E-state index is 13.4. The normalized spacial score (nSPS) is 12.2. The third-order valence-corrected chi connectivity index (χ3v) is 4.09. The highest BCUT2D eigenvalue weighted by molar-refractivity contribution is 7.89. The lowest BCUT2D eigenvalue weighted by Crippen LogP contribution is -2.52. The molecule has 8 nitrogen and oxygen atoms in total. The van der Waals surface area contributed by atoms with Crippen LogP contribution in [0.2, 0.25) is 0 Å². The Morgan fingerprint density at radius 3 is 2.40 bits per heavy atom. The van der Waals surface area contributed by atoms with Gasteiger partial charge in [-0.2, -0.15) is 9.11 Å². The average molecular weight is 305 g/mol. The summed E-state index contributed by atoms with van der Waals surface area (Å²) in [5.41, 5.74) is 2.58. The zero-order valence-electron chi connectivity index (χ0n) is 10.6. The molecule has 0 spiro atoms. The summed E-state index contributed by atoms with van der Waals surface area (Å²) in [7, 11) is -4.24. The molecule has 3 N–H and O–H groups in total. The Morgan fingerprint density at radius 2 is 2.00 bits per heavy atom. The van der Waals surface area contributed by atoms with Crippen molar-refractivity contribution in [3.8, 4) is 0 Å². The van der Waals surface area contributed by atoms with Gasteiger partial charge < -0.3 is 5.73 Å². The van der Waals surface area contributed by atoms with Gasteiger partial charge in [0, 0.05) is 12.1 Å². The van der Waals surface area contributed by atoms with Gasteiger partial charge in [-0.05, 0) is 19.9 Å². The molecule has 0 aliphatic heterocycles. The van der Waals surface area contributed by atoms with Gasteiger partial charge in [0.1, 0.15) is 5.54 Å². The largest absolute Gasteiger partial charge is 0.368 e. The second kappa shape index (κ2) is 5.13. The van der Waals surface area contributed by atoms with Gasteiger partial charge in [0.25, 0.3) is 0 Å². The Bertz CT molecular complexity index is 671. The van der Waals surface area contributed by atoms with Crippen LogP contribution in [0.5, 0.6) is 0 Å². The highest BCUT2D eigenvalue weighted by Gasteiger charge is 2.32. The maximum Gasteiger partial charge on any atom is 0.304 e. The van der Waals surface area contributed by atoms with E-state index in [1.54, 1.807) is 0 Å². The molecule has 1 rings (SSSR count). The lowest BCUT2D eigenvalue weighted by atomic mass is 10.1. The molecule has 0 heterocycles. The number of amides is 1. The van der Waals surface area contributed by atoms with Gasteiger partial charge in [0.05, 0.1) is 9.82 Å². The number of carbonyl (C=O) groups is 1. The monoisotopic (exact) mass is 305 g/mol. The first-order chi connectivity index (χ1) is 8.97. The number of nitrogens with zero attached hydrogens (tertiary/aromatic N) is 1. The predicted octanol–water partition coefficient (Wildman–Crippen LogP) is 0.276. The summed E-state index contributed by atoms with van der Waals surface area (Å²) in [6.07, 6.45) is 0. The number of hydrogen-bond acceptors (Lipinski definition) is 5. The first-order valence-electron chi connectivity index (χ1n) is 5.25. The van der Waals surface area contributed by atoms with Gasteiger partial charge in [-0.25, -0.2) is 8.42 Å². The second-order valence-corrected chi connectivity index (χ2v) is 6.15. The SMILES string of the molecule is CC(C)(NS(=O)(=O)c1ccc([N+](=O)[O-])c(F)c1)C(N)=O. The van der Waals surface area contributed by atoms with Crippen molar-refractivity contribution < 1.29 is 22.5 Å². The molecule has 0 radical (unpaired) electrons. The summed E-state index contributed by atoms with van der Waals surface area (Å²) < 4.78 is 39.2. The van der Waals surface area contributed by atoms with Crippen molar-refractivity contribution in [3.63, 3.8) is 0 Å². The Kier molecular flexibility index (Phi) is 4.10. The summed E-state index contributed by atoms with van der Waals surface area (Å²) in [6, 6.07) is 2.08. The molecule has 0 aliphatic carbocycles.